The fraction of sp³-hybridized carbons (Fsp3) is 0.667. The first-order chi connectivity index (χ1) is 6.31. The summed E-state index contributed by atoms with van der Waals surface area (Å²) in [5.41, 5.74) is 1.24. The molecular formula is C9H15N3S. The number of thiazole rings is 1. The van der Waals surface area contributed by atoms with Crippen LogP contribution in [0.1, 0.15) is 29.5 Å². The van der Waals surface area contributed by atoms with Gasteiger partial charge in [-0.2, -0.15) is 0 Å². The molecule has 1 fully saturated rings. The van der Waals surface area contributed by atoms with Gasteiger partial charge < -0.3 is 10.6 Å². The minimum atomic E-state index is 0.498. The molecule has 1 aromatic heterocycles. The third-order valence-electron chi connectivity index (χ3n) is 2.44. The van der Waals surface area contributed by atoms with Crippen molar-refractivity contribution in [3.63, 3.8) is 0 Å². The van der Waals surface area contributed by atoms with E-state index in [2.05, 4.69) is 22.5 Å². The van der Waals surface area contributed by atoms with E-state index in [1.165, 1.54) is 23.4 Å². The molecule has 4 heteroatoms. The van der Waals surface area contributed by atoms with E-state index in [0.717, 1.165) is 11.7 Å². The smallest absolute Gasteiger partial charge is 0.182 e. The Labute approximate surface area is 82.6 Å². The molecular weight excluding hydrogens is 182 g/mol. The van der Waals surface area contributed by atoms with Crippen LogP contribution in [0.25, 0.3) is 0 Å². The lowest BCUT2D eigenvalue weighted by Gasteiger charge is -2.06. The zero-order chi connectivity index (χ0) is 9.26. The van der Waals surface area contributed by atoms with E-state index >= 15 is 0 Å². The van der Waals surface area contributed by atoms with Crippen molar-refractivity contribution in [2.75, 3.05) is 18.9 Å². The molecule has 1 aliphatic rings. The largest absolute Gasteiger partial charge is 0.365 e. The maximum Gasteiger partial charge on any atom is 0.182 e. The molecule has 0 spiro atoms. The lowest BCUT2D eigenvalue weighted by atomic mass is 10.1. The second kappa shape index (κ2) is 3.64. The summed E-state index contributed by atoms with van der Waals surface area (Å²) in [4.78, 5) is 5.89. The van der Waals surface area contributed by atoms with E-state index in [9.17, 15) is 0 Å². The van der Waals surface area contributed by atoms with Crippen molar-refractivity contribution >= 4 is 16.5 Å². The Morgan fingerprint density at radius 1 is 1.62 bits per heavy atom. The number of nitrogens with one attached hydrogen (secondary N) is 2. The van der Waals surface area contributed by atoms with E-state index in [4.69, 9.17) is 0 Å². The number of rotatable bonds is 2. The van der Waals surface area contributed by atoms with Gasteiger partial charge in [-0.05, 0) is 26.3 Å². The number of aromatic nitrogens is 1. The lowest BCUT2D eigenvalue weighted by molar-refractivity contribution is 0.629. The van der Waals surface area contributed by atoms with Gasteiger partial charge in [-0.15, -0.1) is 11.3 Å². The van der Waals surface area contributed by atoms with Crippen molar-refractivity contribution in [2.24, 2.45) is 0 Å². The number of hydrogen-bond donors (Lipinski definition) is 2. The molecule has 0 aliphatic carbocycles. The summed E-state index contributed by atoms with van der Waals surface area (Å²) in [6.45, 7) is 3.28. The summed E-state index contributed by atoms with van der Waals surface area (Å²) in [5.74, 6) is 0. The van der Waals surface area contributed by atoms with Crippen molar-refractivity contribution < 1.29 is 0 Å². The van der Waals surface area contributed by atoms with Crippen molar-refractivity contribution in [1.82, 2.24) is 10.3 Å². The summed E-state index contributed by atoms with van der Waals surface area (Å²) in [5, 5.41) is 7.59. The maximum atomic E-state index is 4.56. The van der Waals surface area contributed by atoms with Gasteiger partial charge in [0.05, 0.1) is 11.7 Å². The molecule has 72 valence electrons. The van der Waals surface area contributed by atoms with Gasteiger partial charge in [0.25, 0.3) is 0 Å². The molecule has 0 bridgehead atoms. The highest BCUT2D eigenvalue weighted by atomic mass is 32.1. The molecule has 1 atom stereocenters. The van der Waals surface area contributed by atoms with Gasteiger partial charge in [-0.25, -0.2) is 4.98 Å². The molecule has 0 amide bonds. The highest BCUT2D eigenvalue weighted by molar-refractivity contribution is 7.15. The monoisotopic (exact) mass is 197 g/mol. The van der Waals surface area contributed by atoms with E-state index < -0.39 is 0 Å². The quantitative estimate of drug-likeness (QED) is 0.760. The van der Waals surface area contributed by atoms with E-state index in [1.807, 2.05) is 7.05 Å². The molecule has 1 aliphatic heterocycles. The van der Waals surface area contributed by atoms with Gasteiger partial charge in [0.2, 0.25) is 0 Å². The van der Waals surface area contributed by atoms with Crippen LogP contribution in [-0.2, 0) is 0 Å². The highest BCUT2D eigenvalue weighted by Gasteiger charge is 2.21. The van der Waals surface area contributed by atoms with Crippen molar-refractivity contribution in [3.05, 3.63) is 10.6 Å². The number of nitrogens with zero attached hydrogens (tertiary/aromatic N) is 1. The molecule has 2 heterocycles. The van der Waals surface area contributed by atoms with Crippen LogP contribution in [0.4, 0.5) is 5.13 Å². The summed E-state index contributed by atoms with van der Waals surface area (Å²) < 4.78 is 0. The molecule has 2 rings (SSSR count). The van der Waals surface area contributed by atoms with Crippen LogP contribution in [0, 0.1) is 6.92 Å². The van der Waals surface area contributed by atoms with Crippen LogP contribution >= 0.6 is 11.3 Å². The van der Waals surface area contributed by atoms with E-state index in [-0.39, 0.29) is 0 Å². The van der Waals surface area contributed by atoms with Gasteiger partial charge in [-0.1, -0.05) is 0 Å². The maximum absolute atomic E-state index is 4.56. The first-order valence-corrected chi connectivity index (χ1v) is 5.51. The number of anilines is 1. The molecule has 13 heavy (non-hydrogen) atoms. The Hall–Kier alpha value is -0.610. The minimum Gasteiger partial charge on any atom is -0.365 e. The van der Waals surface area contributed by atoms with Crippen LogP contribution in [0.15, 0.2) is 0 Å². The average molecular weight is 197 g/mol. The zero-order valence-corrected chi connectivity index (χ0v) is 8.87. The molecule has 0 aromatic carbocycles. The number of hydrogen-bond acceptors (Lipinski definition) is 4. The molecule has 2 N–H and O–H groups in total. The Balaban J connectivity index is 2.22. The summed E-state index contributed by atoms with van der Waals surface area (Å²) in [6.07, 6.45) is 2.50. The van der Waals surface area contributed by atoms with Gasteiger partial charge in [0, 0.05) is 11.9 Å². The van der Waals surface area contributed by atoms with Gasteiger partial charge in [-0.3, -0.25) is 0 Å². The average Bonchev–Trinajstić information content (AvgIpc) is 2.72. The molecule has 3 nitrogen and oxygen atoms in total. The van der Waals surface area contributed by atoms with Gasteiger partial charge >= 0.3 is 0 Å². The summed E-state index contributed by atoms with van der Waals surface area (Å²) in [6, 6.07) is 0.498. The van der Waals surface area contributed by atoms with Crippen LogP contribution in [0.2, 0.25) is 0 Å². The fourth-order valence-corrected chi connectivity index (χ4v) is 2.58. The van der Waals surface area contributed by atoms with Crippen LogP contribution < -0.4 is 10.6 Å². The molecule has 0 saturated carbocycles. The second-order valence-electron chi connectivity index (χ2n) is 3.36. The highest BCUT2D eigenvalue weighted by Crippen LogP contribution is 2.30. The van der Waals surface area contributed by atoms with Crippen LogP contribution in [0.3, 0.4) is 0 Å². The van der Waals surface area contributed by atoms with Gasteiger partial charge in [0.15, 0.2) is 5.13 Å². The number of aryl methyl sites for hydroxylation is 1. The lowest BCUT2D eigenvalue weighted by Crippen LogP contribution is -2.14. The normalized spacial score (nSPS) is 22.2. The van der Waals surface area contributed by atoms with Crippen molar-refractivity contribution in [2.45, 2.75) is 25.8 Å². The Morgan fingerprint density at radius 2 is 2.46 bits per heavy atom. The topological polar surface area (TPSA) is 37.0 Å². The third kappa shape index (κ3) is 1.69. The predicted molar refractivity (Wildman–Crippen MR) is 56.4 cm³/mol. The Morgan fingerprint density at radius 3 is 3.00 bits per heavy atom. The van der Waals surface area contributed by atoms with E-state index in [1.54, 1.807) is 11.3 Å². The predicted octanol–water partition coefficient (Wildman–Crippen LogP) is 1.92. The van der Waals surface area contributed by atoms with Crippen LogP contribution in [0.5, 0.6) is 0 Å². The van der Waals surface area contributed by atoms with Crippen molar-refractivity contribution in [3.8, 4) is 0 Å². The van der Waals surface area contributed by atoms with Crippen LogP contribution in [-0.4, -0.2) is 18.6 Å². The molecule has 0 radical (unpaired) electrons. The molecule has 0 unspecified atom stereocenters. The first-order valence-electron chi connectivity index (χ1n) is 4.69. The zero-order valence-electron chi connectivity index (χ0n) is 8.05. The third-order valence-corrected chi connectivity index (χ3v) is 3.44. The van der Waals surface area contributed by atoms with Gasteiger partial charge in [0.1, 0.15) is 0 Å². The fourth-order valence-electron chi connectivity index (χ4n) is 1.76. The SMILES string of the molecule is CNc1nc([C@H]2CCCN2)c(C)s1. The first kappa shape index (κ1) is 8.97. The molecule has 1 aromatic rings. The summed E-state index contributed by atoms with van der Waals surface area (Å²) in [7, 11) is 1.92. The van der Waals surface area contributed by atoms with Crippen molar-refractivity contribution in [1.29, 1.82) is 0 Å². The Kier molecular flexibility index (Phi) is 2.51. The minimum absolute atomic E-state index is 0.498. The second-order valence-corrected chi connectivity index (χ2v) is 4.56. The standard InChI is InChI=1S/C9H15N3S/c1-6-8(7-4-3-5-11-7)12-9(10-2)13-6/h7,11H,3-5H2,1-2H3,(H,10,12)/t7-/m1/s1. The Bertz CT molecular complexity index is 289. The summed E-state index contributed by atoms with van der Waals surface area (Å²) >= 11 is 1.74. The molecule has 1 saturated heterocycles. The van der Waals surface area contributed by atoms with E-state index in [0.29, 0.717) is 6.04 Å².